The minimum absolute atomic E-state index is 0.185. The molecule has 20 heavy (non-hydrogen) atoms. The quantitative estimate of drug-likeness (QED) is 0.480. The second-order valence-corrected chi connectivity index (χ2v) is 6.50. The van der Waals surface area contributed by atoms with Crippen molar-refractivity contribution in [3.05, 3.63) is 0 Å². The van der Waals surface area contributed by atoms with E-state index in [2.05, 4.69) is 10.2 Å². The van der Waals surface area contributed by atoms with E-state index in [1.807, 2.05) is 14.0 Å². The van der Waals surface area contributed by atoms with Crippen LogP contribution >= 0.6 is 0 Å². The summed E-state index contributed by atoms with van der Waals surface area (Å²) in [5.41, 5.74) is -0.624. The lowest BCUT2D eigenvalue weighted by atomic mass is 10.0. The second kappa shape index (κ2) is 6.87. The summed E-state index contributed by atoms with van der Waals surface area (Å²) in [6.07, 6.45) is 4.95. The summed E-state index contributed by atoms with van der Waals surface area (Å²) in [6.45, 7) is 5.03. The lowest BCUT2D eigenvalue weighted by Gasteiger charge is -2.32. The fourth-order valence-electron chi connectivity index (χ4n) is 2.45. The predicted octanol–water partition coefficient (Wildman–Crippen LogP) is 1.03. The third kappa shape index (κ3) is 5.04. The molecule has 116 valence electrons. The van der Waals surface area contributed by atoms with Gasteiger partial charge in [0.2, 0.25) is 0 Å². The maximum absolute atomic E-state index is 12.0. The van der Waals surface area contributed by atoms with Gasteiger partial charge in [-0.2, -0.15) is 0 Å². The maximum Gasteiger partial charge on any atom is 0.327 e. The van der Waals surface area contributed by atoms with Crippen molar-refractivity contribution in [1.29, 1.82) is 0 Å². The largest absolute Gasteiger partial charge is 0.468 e. The Morgan fingerprint density at radius 1 is 1.35 bits per heavy atom. The SMILES string of the molecule is COC(=O)C(C)(CN(C)CCOCC1CC1)NC1CC1. The van der Waals surface area contributed by atoms with Crippen LogP contribution in [0.15, 0.2) is 0 Å². The molecule has 2 saturated carbocycles. The van der Waals surface area contributed by atoms with Crippen molar-refractivity contribution in [3.63, 3.8) is 0 Å². The van der Waals surface area contributed by atoms with Gasteiger partial charge in [0.25, 0.3) is 0 Å². The van der Waals surface area contributed by atoms with Crippen LogP contribution in [0.5, 0.6) is 0 Å². The highest BCUT2D eigenvalue weighted by atomic mass is 16.5. The van der Waals surface area contributed by atoms with Crippen molar-refractivity contribution < 1.29 is 14.3 Å². The number of methoxy groups -OCH3 is 1. The van der Waals surface area contributed by atoms with Crippen molar-refractivity contribution >= 4 is 5.97 Å². The first kappa shape index (κ1) is 15.7. The third-order valence-corrected chi connectivity index (χ3v) is 3.99. The number of carbonyl (C=O) groups is 1. The summed E-state index contributed by atoms with van der Waals surface area (Å²) in [5.74, 6) is 0.618. The molecule has 2 fully saturated rings. The number of nitrogens with zero attached hydrogens (tertiary/aromatic N) is 1. The Balaban J connectivity index is 1.71. The van der Waals surface area contributed by atoms with E-state index < -0.39 is 5.54 Å². The minimum Gasteiger partial charge on any atom is -0.468 e. The smallest absolute Gasteiger partial charge is 0.327 e. The molecule has 0 amide bonds. The molecule has 0 aliphatic heterocycles. The third-order valence-electron chi connectivity index (χ3n) is 3.99. The fourth-order valence-corrected chi connectivity index (χ4v) is 2.45. The van der Waals surface area contributed by atoms with Crippen molar-refractivity contribution in [2.45, 2.75) is 44.2 Å². The van der Waals surface area contributed by atoms with Gasteiger partial charge in [-0.25, -0.2) is 0 Å². The first-order chi connectivity index (χ1) is 9.53. The standard InChI is InChI=1S/C15H28N2O3/c1-15(14(18)19-3,16-13-6-7-13)11-17(2)8-9-20-10-12-4-5-12/h12-13,16H,4-11H2,1-3H3. The van der Waals surface area contributed by atoms with E-state index in [0.717, 1.165) is 38.5 Å². The van der Waals surface area contributed by atoms with Crippen LogP contribution in [0.2, 0.25) is 0 Å². The minimum atomic E-state index is -0.624. The number of rotatable bonds is 10. The number of likely N-dealkylation sites (N-methyl/N-ethyl adjacent to an activating group) is 1. The molecular weight excluding hydrogens is 256 g/mol. The molecule has 5 heteroatoms. The summed E-state index contributed by atoms with van der Waals surface area (Å²) in [7, 11) is 3.48. The Morgan fingerprint density at radius 2 is 2.05 bits per heavy atom. The van der Waals surface area contributed by atoms with E-state index in [-0.39, 0.29) is 5.97 Å². The van der Waals surface area contributed by atoms with Gasteiger partial charge in [-0.1, -0.05) is 0 Å². The molecule has 2 aliphatic carbocycles. The molecule has 0 spiro atoms. The molecule has 1 unspecified atom stereocenters. The van der Waals surface area contributed by atoms with Gasteiger partial charge in [-0.05, 0) is 45.6 Å². The van der Waals surface area contributed by atoms with E-state index >= 15 is 0 Å². The van der Waals surface area contributed by atoms with Crippen molar-refractivity contribution in [2.75, 3.05) is 40.5 Å². The van der Waals surface area contributed by atoms with Gasteiger partial charge in [-0.15, -0.1) is 0 Å². The molecule has 2 aliphatic rings. The van der Waals surface area contributed by atoms with Gasteiger partial charge < -0.3 is 14.4 Å². The van der Waals surface area contributed by atoms with Gasteiger partial charge >= 0.3 is 5.97 Å². The summed E-state index contributed by atoms with van der Waals surface area (Å²) < 4.78 is 10.6. The topological polar surface area (TPSA) is 50.8 Å². The zero-order valence-corrected chi connectivity index (χ0v) is 13.0. The van der Waals surface area contributed by atoms with E-state index in [0.29, 0.717) is 12.6 Å². The van der Waals surface area contributed by atoms with Crippen LogP contribution in [0.25, 0.3) is 0 Å². The molecule has 0 heterocycles. The summed E-state index contributed by atoms with van der Waals surface area (Å²) in [5, 5.41) is 3.41. The zero-order valence-electron chi connectivity index (χ0n) is 13.0. The molecule has 0 aromatic carbocycles. The Kier molecular flexibility index (Phi) is 5.41. The van der Waals surface area contributed by atoms with Crippen molar-refractivity contribution in [1.82, 2.24) is 10.2 Å². The average Bonchev–Trinajstić information content (AvgIpc) is 3.28. The lowest BCUT2D eigenvalue weighted by molar-refractivity contribution is -0.148. The fraction of sp³-hybridized carbons (Fsp3) is 0.933. The molecule has 0 bridgehead atoms. The van der Waals surface area contributed by atoms with Gasteiger partial charge in [0.15, 0.2) is 0 Å². The monoisotopic (exact) mass is 284 g/mol. The number of hydrogen-bond donors (Lipinski definition) is 1. The van der Waals surface area contributed by atoms with Crippen LogP contribution in [-0.2, 0) is 14.3 Å². The van der Waals surface area contributed by atoms with Crippen LogP contribution in [0.4, 0.5) is 0 Å². The molecular formula is C15H28N2O3. The maximum atomic E-state index is 12.0. The van der Waals surface area contributed by atoms with Crippen molar-refractivity contribution in [3.8, 4) is 0 Å². The molecule has 1 N–H and O–H groups in total. The first-order valence-electron chi connectivity index (χ1n) is 7.66. The molecule has 0 saturated heterocycles. The van der Waals surface area contributed by atoms with Crippen LogP contribution < -0.4 is 5.32 Å². The van der Waals surface area contributed by atoms with Gasteiger partial charge in [0.1, 0.15) is 5.54 Å². The number of nitrogens with one attached hydrogen (secondary N) is 1. The van der Waals surface area contributed by atoms with E-state index in [1.54, 1.807) is 0 Å². The van der Waals surface area contributed by atoms with E-state index in [9.17, 15) is 4.79 Å². The van der Waals surface area contributed by atoms with Gasteiger partial charge in [0, 0.05) is 25.7 Å². The lowest BCUT2D eigenvalue weighted by Crippen LogP contribution is -2.57. The van der Waals surface area contributed by atoms with E-state index in [4.69, 9.17) is 9.47 Å². The zero-order chi connectivity index (χ0) is 14.6. The van der Waals surface area contributed by atoms with E-state index in [1.165, 1.54) is 20.0 Å². The predicted molar refractivity (Wildman–Crippen MR) is 77.6 cm³/mol. The second-order valence-electron chi connectivity index (χ2n) is 6.50. The highest BCUT2D eigenvalue weighted by molar-refractivity contribution is 5.80. The first-order valence-corrected chi connectivity index (χ1v) is 7.66. The Hall–Kier alpha value is -0.650. The summed E-state index contributed by atoms with van der Waals surface area (Å²) in [6, 6.07) is 0.471. The number of carbonyl (C=O) groups excluding carboxylic acids is 1. The number of hydrogen-bond acceptors (Lipinski definition) is 5. The Labute approximate surface area is 122 Å². The van der Waals surface area contributed by atoms with Crippen LogP contribution in [0.1, 0.15) is 32.6 Å². The number of esters is 1. The molecule has 0 aromatic heterocycles. The highest BCUT2D eigenvalue weighted by Gasteiger charge is 2.40. The molecule has 1 atom stereocenters. The Morgan fingerprint density at radius 3 is 2.60 bits per heavy atom. The average molecular weight is 284 g/mol. The van der Waals surface area contributed by atoms with Crippen LogP contribution in [-0.4, -0.2) is 62.9 Å². The molecule has 2 rings (SSSR count). The van der Waals surface area contributed by atoms with Gasteiger partial charge in [-0.3, -0.25) is 10.1 Å². The number of ether oxygens (including phenoxy) is 2. The molecule has 0 aromatic rings. The molecule has 5 nitrogen and oxygen atoms in total. The van der Waals surface area contributed by atoms with Crippen LogP contribution in [0, 0.1) is 5.92 Å². The van der Waals surface area contributed by atoms with Crippen LogP contribution in [0.3, 0.4) is 0 Å². The Bertz CT molecular complexity index is 329. The summed E-state index contributed by atoms with van der Waals surface area (Å²) >= 11 is 0. The normalized spacial score (nSPS) is 21.8. The van der Waals surface area contributed by atoms with Crippen molar-refractivity contribution in [2.24, 2.45) is 5.92 Å². The van der Waals surface area contributed by atoms with Gasteiger partial charge in [0.05, 0.1) is 13.7 Å². The highest BCUT2D eigenvalue weighted by Crippen LogP contribution is 2.28. The molecule has 0 radical (unpaired) electrons. The summed E-state index contributed by atoms with van der Waals surface area (Å²) in [4.78, 5) is 14.2.